The number of aromatic amines is 2. The van der Waals surface area contributed by atoms with Crippen LogP contribution in [0.25, 0.3) is 50.0 Å². The van der Waals surface area contributed by atoms with E-state index in [0.29, 0.717) is 5.65 Å². The van der Waals surface area contributed by atoms with Crippen LogP contribution >= 0.6 is 0 Å². The average molecular weight is 376 g/mol. The number of fused-ring (bicyclic) bond motifs is 2. The van der Waals surface area contributed by atoms with Crippen molar-refractivity contribution in [3.63, 3.8) is 0 Å². The molecule has 6 rings (SSSR count). The molecule has 0 unspecified atom stereocenters. The number of H-pyrrole nitrogens is 2. The Bertz CT molecular complexity index is 1420. The average Bonchev–Trinajstić information content (AvgIpc) is 3.52. The van der Waals surface area contributed by atoms with Gasteiger partial charge in [-0.1, -0.05) is 18.2 Å². The van der Waals surface area contributed by atoms with Gasteiger partial charge in [-0.25, -0.2) is 4.98 Å². The number of hydrogen-bond acceptors (Lipinski definition) is 4. The van der Waals surface area contributed by atoms with E-state index in [1.807, 2.05) is 30.6 Å². The third-order valence-electron chi connectivity index (χ3n) is 5.29. The van der Waals surface area contributed by atoms with E-state index in [9.17, 15) is 0 Å². The summed E-state index contributed by atoms with van der Waals surface area (Å²) in [7, 11) is 0. The Morgan fingerprint density at radius 1 is 0.897 bits per heavy atom. The lowest BCUT2D eigenvalue weighted by atomic mass is 10.1. The van der Waals surface area contributed by atoms with Crippen molar-refractivity contribution in [1.29, 1.82) is 0 Å². The molecular weight excluding hydrogens is 360 g/mol. The maximum atomic E-state index is 4.62. The van der Waals surface area contributed by atoms with Crippen molar-refractivity contribution in [1.82, 2.24) is 30.1 Å². The van der Waals surface area contributed by atoms with Crippen LogP contribution in [-0.2, 0) is 0 Å². The number of pyridine rings is 3. The number of aromatic nitrogens is 6. The number of rotatable bonds is 3. The summed E-state index contributed by atoms with van der Waals surface area (Å²) in [6.45, 7) is 0. The fourth-order valence-electron chi connectivity index (χ4n) is 3.86. The summed E-state index contributed by atoms with van der Waals surface area (Å²) in [5, 5.41) is 9.62. The fourth-order valence-corrected chi connectivity index (χ4v) is 3.86. The highest BCUT2D eigenvalue weighted by Gasteiger charge is 2.15. The van der Waals surface area contributed by atoms with Crippen LogP contribution in [0.5, 0.6) is 0 Å². The number of hydrogen-bond donors (Lipinski definition) is 2. The van der Waals surface area contributed by atoms with Crippen molar-refractivity contribution in [3.05, 3.63) is 79.0 Å². The summed E-state index contributed by atoms with van der Waals surface area (Å²) in [4.78, 5) is 16.8. The van der Waals surface area contributed by atoms with E-state index >= 15 is 0 Å². The summed E-state index contributed by atoms with van der Waals surface area (Å²) in [5.74, 6) is 0. The van der Waals surface area contributed by atoms with Crippen molar-refractivity contribution >= 4 is 27.5 Å². The monoisotopic (exact) mass is 376 g/mol. The van der Waals surface area contributed by atoms with Crippen LogP contribution in [-0.4, -0.2) is 30.1 Å². The highest BCUT2D eigenvalue weighted by molar-refractivity contribution is 5.99. The van der Waals surface area contributed by atoms with E-state index in [1.165, 1.54) is 0 Å². The first-order valence-electron chi connectivity index (χ1n) is 9.46. The third-order valence-corrected chi connectivity index (χ3v) is 5.29. The maximum Gasteiger partial charge on any atom is 0.181 e. The second-order valence-electron chi connectivity index (χ2n) is 7.03. The van der Waals surface area contributed by atoms with Crippen molar-refractivity contribution in [3.8, 4) is 22.5 Å². The Kier molecular flexibility index (Phi) is 3.43. The van der Waals surface area contributed by atoms with Gasteiger partial charge in [0, 0.05) is 46.6 Å². The molecule has 0 aromatic carbocycles. The van der Waals surface area contributed by atoms with Gasteiger partial charge in [0.1, 0.15) is 0 Å². The van der Waals surface area contributed by atoms with Crippen molar-refractivity contribution in [2.24, 2.45) is 0 Å². The van der Waals surface area contributed by atoms with E-state index in [4.69, 9.17) is 0 Å². The van der Waals surface area contributed by atoms with Gasteiger partial charge in [0.25, 0.3) is 0 Å². The second-order valence-corrected chi connectivity index (χ2v) is 7.03. The summed E-state index contributed by atoms with van der Waals surface area (Å²) in [6.07, 6.45) is 14.7. The van der Waals surface area contributed by atoms with Crippen molar-refractivity contribution in [2.45, 2.75) is 6.42 Å². The first kappa shape index (κ1) is 15.9. The Balaban J connectivity index is 1.52. The number of nitrogens with zero attached hydrogens (tertiary/aromatic N) is 4. The van der Waals surface area contributed by atoms with Crippen molar-refractivity contribution < 1.29 is 0 Å². The molecule has 0 fully saturated rings. The predicted octanol–water partition coefficient (Wildman–Crippen LogP) is 4.91. The van der Waals surface area contributed by atoms with E-state index < -0.39 is 0 Å². The molecule has 0 aliphatic heterocycles. The van der Waals surface area contributed by atoms with Gasteiger partial charge in [-0.3, -0.25) is 15.1 Å². The van der Waals surface area contributed by atoms with Gasteiger partial charge >= 0.3 is 0 Å². The van der Waals surface area contributed by atoms with Gasteiger partial charge in [0.15, 0.2) is 5.65 Å². The minimum Gasteiger partial charge on any atom is -0.353 e. The molecule has 29 heavy (non-hydrogen) atoms. The van der Waals surface area contributed by atoms with Crippen LogP contribution in [0.3, 0.4) is 0 Å². The fraction of sp³-hybridized carbons (Fsp3) is 0.0435. The summed E-state index contributed by atoms with van der Waals surface area (Å²) < 4.78 is 0. The number of allylic oxidation sites excluding steroid dienone is 4. The van der Waals surface area contributed by atoms with Crippen LogP contribution in [0, 0.1) is 0 Å². The lowest BCUT2D eigenvalue weighted by Crippen LogP contribution is -1.85. The summed E-state index contributed by atoms with van der Waals surface area (Å²) in [6, 6.07) is 10.2. The largest absolute Gasteiger partial charge is 0.353 e. The van der Waals surface area contributed by atoms with Crippen LogP contribution < -0.4 is 0 Å². The SMILES string of the molecule is C1=CC(c2nccc3[nH]c(-c4[nH]nc5ncc(-c6ccncc6)cc45)cc23)=CC1. The first-order chi connectivity index (χ1) is 14.4. The van der Waals surface area contributed by atoms with Gasteiger partial charge in [-0.2, -0.15) is 5.10 Å². The van der Waals surface area contributed by atoms with E-state index in [1.54, 1.807) is 12.4 Å². The summed E-state index contributed by atoms with van der Waals surface area (Å²) >= 11 is 0. The lowest BCUT2D eigenvalue weighted by molar-refractivity contribution is 1.10. The highest BCUT2D eigenvalue weighted by Crippen LogP contribution is 2.33. The van der Waals surface area contributed by atoms with Gasteiger partial charge in [-0.15, -0.1) is 0 Å². The van der Waals surface area contributed by atoms with E-state index in [0.717, 1.165) is 56.5 Å². The molecule has 0 amide bonds. The smallest absolute Gasteiger partial charge is 0.181 e. The minimum atomic E-state index is 0.691. The molecule has 138 valence electrons. The van der Waals surface area contributed by atoms with Gasteiger partial charge in [-0.05, 0) is 47.9 Å². The summed E-state index contributed by atoms with van der Waals surface area (Å²) in [5.41, 5.74) is 7.89. The third kappa shape index (κ3) is 2.57. The second kappa shape index (κ2) is 6.24. The van der Waals surface area contributed by atoms with Crippen molar-refractivity contribution in [2.75, 3.05) is 0 Å². The first-order valence-corrected chi connectivity index (χ1v) is 9.46. The minimum absolute atomic E-state index is 0.691. The Morgan fingerprint density at radius 3 is 2.69 bits per heavy atom. The quantitative estimate of drug-likeness (QED) is 0.469. The molecule has 1 aliphatic carbocycles. The molecule has 5 aromatic rings. The van der Waals surface area contributed by atoms with Gasteiger partial charge < -0.3 is 4.98 Å². The zero-order valence-electron chi connectivity index (χ0n) is 15.4. The predicted molar refractivity (Wildman–Crippen MR) is 114 cm³/mol. The standard InChI is InChI=1S/C23H16N6/c1-2-4-15(3-1)21-17-12-20(27-19(17)7-10-25-21)22-18-11-16(13-26-23(18)29-28-22)14-5-8-24-9-6-14/h1,3-13,27H,2H2,(H,26,28,29). The van der Waals surface area contributed by atoms with Crippen LogP contribution in [0.4, 0.5) is 0 Å². The molecular formula is C23H16N6. The van der Waals surface area contributed by atoms with Gasteiger partial charge in [0.05, 0.1) is 17.1 Å². The molecule has 5 heterocycles. The maximum absolute atomic E-state index is 4.62. The highest BCUT2D eigenvalue weighted by atomic mass is 15.2. The molecule has 2 N–H and O–H groups in total. The Labute approximate surface area is 166 Å². The van der Waals surface area contributed by atoms with E-state index in [2.05, 4.69) is 60.5 Å². The topological polar surface area (TPSA) is 83.1 Å². The molecule has 1 aliphatic rings. The van der Waals surface area contributed by atoms with Crippen LogP contribution in [0.2, 0.25) is 0 Å². The van der Waals surface area contributed by atoms with Crippen LogP contribution in [0.1, 0.15) is 12.1 Å². The molecule has 6 nitrogen and oxygen atoms in total. The Morgan fingerprint density at radius 2 is 1.83 bits per heavy atom. The molecule has 0 saturated heterocycles. The lowest BCUT2D eigenvalue weighted by Gasteiger charge is -2.01. The zero-order chi connectivity index (χ0) is 19.2. The molecule has 5 aromatic heterocycles. The Hall–Kier alpha value is -4.06. The number of nitrogens with one attached hydrogen (secondary N) is 2. The molecule has 0 spiro atoms. The molecule has 0 atom stereocenters. The van der Waals surface area contributed by atoms with E-state index in [-0.39, 0.29) is 0 Å². The van der Waals surface area contributed by atoms with Crippen LogP contribution in [0.15, 0.2) is 73.3 Å². The molecule has 0 saturated carbocycles. The molecule has 6 heteroatoms. The zero-order valence-corrected chi connectivity index (χ0v) is 15.4. The van der Waals surface area contributed by atoms with Gasteiger partial charge in [0.2, 0.25) is 0 Å². The normalized spacial score (nSPS) is 13.4. The molecule has 0 radical (unpaired) electrons. The molecule has 0 bridgehead atoms.